The van der Waals surface area contributed by atoms with Gasteiger partial charge < -0.3 is 14.5 Å². The van der Waals surface area contributed by atoms with Gasteiger partial charge in [-0.15, -0.1) is 10.2 Å². The number of hydrogen-bond donors (Lipinski definition) is 0. The fourth-order valence-corrected chi connectivity index (χ4v) is 1.60. The minimum Gasteiger partial charge on any atom is -0.448 e. The van der Waals surface area contributed by atoms with Crippen LogP contribution in [-0.4, -0.2) is 54.5 Å². The minimum atomic E-state index is -0.269. The van der Waals surface area contributed by atoms with E-state index in [1.54, 1.807) is 17.0 Å². The zero-order valence-corrected chi connectivity index (χ0v) is 10.0. The van der Waals surface area contributed by atoms with Gasteiger partial charge in [-0.25, -0.2) is 4.79 Å². The van der Waals surface area contributed by atoms with Gasteiger partial charge in [0.2, 0.25) is 0 Å². The summed E-state index contributed by atoms with van der Waals surface area (Å²) in [5.41, 5.74) is 0.287. The highest BCUT2D eigenvalue weighted by atomic mass is 16.6. The molecule has 0 aliphatic carbocycles. The maximum absolute atomic E-state index is 11.2. The fraction of sp³-hybridized carbons (Fsp3) is 0.455. The third-order valence-electron chi connectivity index (χ3n) is 2.71. The van der Waals surface area contributed by atoms with Crippen LogP contribution in [0, 0.1) is 11.3 Å². The third kappa shape index (κ3) is 2.66. The molecule has 0 saturated carbocycles. The Balaban J connectivity index is 1.89. The number of ether oxygens (including phenoxy) is 1. The van der Waals surface area contributed by atoms with Gasteiger partial charge in [0.1, 0.15) is 12.7 Å². The van der Waals surface area contributed by atoms with E-state index in [1.165, 1.54) is 0 Å². The van der Waals surface area contributed by atoms with Gasteiger partial charge in [0, 0.05) is 20.1 Å². The zero-order chi connectivity index (χ0) is 13.0. The van der Waals surface area contributed by atoms with E-state index in [4.69, 9.17) is 10.00 Å². The van der Waals surface area contributed by atoms with E-state index in [0.717, 1.165) is 0 Å². The average molecular weight is 247 g/mol. The van der Waals surface area contributed by atoms with Crippen LogP contribution in [0.4, 0.5) is 10.6 Å². The number of anilines is 1. The molecule has 2 heterocycles. The second kappa shape index (κ2) is 5.31. The number of rotatable bonds is 4. The van der Waals surface area contributed by atoms with Crippen molar-refractivity contribution in [2.24, 2.45) is 0 Å². The van der Waals surface area contributed by atoms with Crippen molar-refractivity contribution in [2.75, 3.05) is 38.2 Å². The molecule has 94 valence electrons. The number of amides is 1. The summed E-state index contributed by atoms with van der Waals surface area (Å²) in [6.07, 6.45) is -0.269. The van der Waals surface area contributed by atoms with Gasteiger partial charge in [0.15, 0.2) is 11.5 Å². The molecule has 1 aliphatic rings. The molecule has 0 spiro atoms. The van der Waals surface area contributed by atoms with Gasteiger partial charge in [-0.2, -0.15) is 5.26 Å². The maximum Gasteiger partial charge on any atom is 0.409 e. The molecule has 1 fully saturated rings. The van der Waals surface area contributed by atoms with E-state index < -0.39 is 0 Å². The van der Waals surface area contributed by atoms with Gasteiger partial charge >= 0.3 is 6.09 Å². The van der Waals surface area contributed by atoms with E-state index in [2.05, 4.69) is 10.2 Å². The van der Waals surface area contributed by atoms with E-state index >= 15 is 0 Å². The molecule has 1 aromatic rings. The molecule has 7 heteroatoms. The number of aromatic nitrogens is 2. The highest BCUT2D eigenvalue weighted by molar-refractivity contribution is 5.69. The van der Waals surface area contributed by atoms with E-state index in [1.807, 2.05) is 18.0 Å². The second-order valence-electron chi connectivity index (χ2n) is 3.91. The lowest BCUT2D eigenvalue weighted by Gasteiger charge is -2.20. The molecule has 2 rings (SSSR count). The number of carbonyl (C=O) groups excluding carboxylic acids is 1. The van der Waals surface area contributed by atoms with Crippen molar-refractivity contribution in [3.8, 4) is 6.07 Å². The molecular weight excluding hydrogens is 234 g/mol. The molecule has 0 radical (unpaired) electrons. The van der Waals surface area contributed by atoms with Crippen molar-refractivity contribution in [2.45, 2.75) is 0 Å². The van der Waals surface area contributed by atoms with Crippen LogP contribution >= 0.6 is 0 Å². The summed E-state index contributed by atoms with van der Waals surface area (Å²) < 4.78 is 4.84. The summed E-state index contributed by atoms with van der Waals surface area (Å²) in [7, 11) is 1.86. The SMILES string of the molecule is CN(CCN1CCOC1=O)c1ccc(C#N)nn1. The number of carbonyl (C=O) groups is 1. The van der Waals surface area contributed by atoms with Crippen molar-refractivity contribution in [1.29, 1.82) is 5.26 Å². The van der Waals surface area contributed by atoms with Crippen LogP contribution in [0.15, 0.2) is 12.1 Å². The Morgan fingerprint density at radius 1 is 1.56 bits per heavy atom. The van der Waals surface area contributed by atoms with Crippen molar-refractivity contribution in [3.05, 3.63) is 17.8 Å². The van der Waals surface area contributed by atoms with Crippen molar-refractivity contribution < 1.29 is 9.53 Å². The molecule has 1 aliphatic heterocycles. The molecule has 0 bridgehead atoms. The molecule has 0 atom stereocenters. The Morgan fingerprint density at radius 3 is 2.94 bits per heavy atom. The summed E-state index contributed by atoms with van der Waals surface area (Å²) in [6, 6.07) is 5.26. The Morgan fingerprint density at radius 2 is 2.39 bits per heavy atom. The summed E-state index contributed by atoms with van der Waals surface area (Å²) in [5, 5.41) is 16.3. The normalized spacial score (nSPS) is 14.2. The van der Waals surface area contributed by atoms with Crippen LogP contribution in [0.1, 0.15) is 5.69 Å². The molecular formula is C11H13N5O2. The minimum absolute atomic E-state index is 0.269. The Kier molecular flexibility index (Phi) is 3.57. The number of cyclic esters (lactones) is 1. The Bertz CT molecular complexity index is 467. The highest BCUT2D eigenvalue weighted by Gasteiger charge is 2.21. The first-order chi connectivity index (χ1) is 8.70. The number of nitrogens with zero attached hydrogens (tertiary/aromatic N) is 5. The quantitative estimate of drug-likeness (QED) is 0.757. The van der Waals surface area contributed by atoms with Gasteiger partial charge in [0.25, 0.3) is 0 Å². The van der Waals surface area contributed by atoms with Gasteiger partial charge in [-0.1, -0.05) is 0 Å². The maximum atomic E-state index is 11.2. The summed E-state index contributed by atoms with van der Waals surface area (Å²) in [5.74, 6) is 0.668. The van der Waals surface area contributed by atoms with Crippen molar-refractivity contribution in [1.82, 2.24) is 15.1 Å². The summed E-state index contributed by atoms with van der Waals surface area (Å²) in [6.45, 7) is 2.30. The topological polar surface area (TPSA) is 82.4 Å². The molecule has 1 amide bonds. The van der Waals surface area contributed by atoms with Crippen molar-refractivity contribution in [3.63, 3.8) is 0 Å². The standard InChI is InChI=1S/C11H13N5O2/c1-15(4-5-16-6-7-18-11(16)17)10-3-2-9(8-12)13-14-10/h2-3H,4-7H2,1H3. The van der Waals surface area contributed by atoms with Crippen LogP contribution in [-0.2, 0) is 4.74 Å². The first kappa shape index (κ1) is 12.1. The summed E-state index contributed by atoms with van der Waals surface area (Å²) in [4.78, 5) is 14.7. The van der Waals surface area contributed by atoms with Gasteiger partial charge in [-0.05, 0) is 12.1 Å². The lowest BCUT2D eigenvalue weighted by Crippen LogP contribution is -2.34. The van der Waals surface area contributed by atoms with Crippen LogP contribution in [0.3, 0.4) is 0 Å². The van der Waals surface area contributed by atoms with Crippen LogP contribution in [0.5, 0.6) is 0 Å². The average Bonchev–Trinajstić information content (AvgIpc) is 2.81. The van der Waals surface area contributed by atoms with E-state index in [9.17, 15) is 4.79 Å². The molecule has 0 unspecified atom stereocenters. The fourth-order valence-electron chi connectivity index (χ4n) is 1.60. The van der Waals surface area contributed by atoms with Crippen molar-refractivity contribution >= 4 is 11.9 Å². The van der Waals surface area contributed by atoms with E-state index in [-0.39, 0.29) is 11.8 Å². The van der Waals surface area contributed by atoms with Gasteiger partial charge in [-0.3, -0.25) is 0 Å². The lowest BCUT2D eigenvalue weighted by atomic mass is 10.4. The third-order valence-corrected chi connectivity index (χ3v) is 2.71. The first-order valence-electron chi connectivity index (χ1n) is 5.57. The lowest BCUT2D eigenvalue weighted by molar-refractivity contribution is 0.159. The number of likely N-dealkylation sites (N-methyl/N-ethyl adjacent to an activating group) is 1. The summed E-state index contributed by atoms with van der Waals surface area (Å²) >= 11 is 0. The Labute approximate surface area is 105 Å². The van der Waals surface area contributed by atoms with Crippen LogP contribution in [0.25, 0.3) is 0 Å². The molecule has 7 nitrogen and oxygen atoms in total. The van der Waals surface area contributed by atoms with Crippen LogP contribution in [0.2, 0.25) is 0 Å². The monoisotopic (exact) mass is 247 g/mol. The molecule has 1 saturated heterocycles. The van der Waals surface area contributed by atoms with E-state index in [0.29, 0.717) is 32.1 Å². The zero-order valence-electron chi connectivity index (χ0n) is 10.0. The number of nitriles is 1. The second-order valence-corrected chi connectivity index (χ2v) is 3.91. The van der Waals surface area contributed by atoms with Crippen LogP contribution < -0.4 is 4.90 Å². The molecule has 18 heavy (non-hydrogen) atoms. The number of hydrogen-bond acceptors (Lipinski definition) is 6. The highest BCUT2D eigenvalue weighted by Crippen LogP contribution is 2.08. The first-order valence-corrected chi connectivity index (χ1v) is 5.57. The molecule has 0 N–H and O–H groups in total. The predicted octanol–water partition coefficient (Wildman–Crippen LogP) is 0.237. The smallest absolute Gasteiger partial charge is 0.409 e. The Hall–Kier alpha value is -2.36. The molecule has 0 aromatic carbocycles. The predicted molar refractivity (Wildman–Crippen MR) is 62.9 cm³/mol. The largest absolute Gasteiger partial charge is 0.448 e. The van der Waals surface area contributed by atoms with Gasteiger partial charge in [0.05, 0.1) is 6.54 Å². The molecule has 1 aromatic heterocycles.